The molecule has 0 saturated carbocycles. The van der Waals surface area contributed by atoms with Gasteiger partial charge in [-0.25, -0.2) is 9.78 Å². The molecular formula is C17H18ClN3O3. The molecule has 0 bridgehead atoms. The zero-order valence-electron chi connectivity index (χ0n) is 13.6. The molecule has 0 aliphatic rings. The Hall–Kier alpha value is -2.60. The molecule has 1 N–H and O–H groups in total. The Morgan fingerprint density at radius 3 is 2.46 bits per heavy atom. The fraction of sp³-hybridized carbons (Fsp3) is 0.235. The van der Waals surface area contributed by atoms with Crippen LogP contribution in [-0.4, -0.2) is 37.1 Å². The Labute approximate surface area is 145 Å². The predicted octanol–water partition coefficient (Wildman–Crippen LogP) is 2.99. The zero-order valence-corrected chi connectivity index (χ0v) is 14.4. The van der Waals surface area contributed by atoms with Crippen LogP contribution in [0.5, 0.6) is 0 Å². The van der Waals surface area contributed by atoms with Gasteiger partial charge in [0.25, 0.3) is 5.91 Å². The number of nitrogens with one attached hydrogen (secondary N) is 1. The number of carbonyl (C=O) groups excluding carboxylic acids is 2. The number of halogens is 1. The maximum absolute atomic E-state index is 12.1. The molecule has 1 atom stereocenters. The molecule has 0 aliphatic carbocycles. The van der Waals surface area contributed by atoms with Crippen molar-refractivity contribution in [2.75, 3.05) is 24.3 Å². The van der Waals surface area contributed by atoms with Crippen molar-refractivity contribution in [3.63, 3.8) is 0 Å². The second-order valence-electron chi connectivity index (χ2n) is 5.32. The van der Waals surface area contributed by atoms with E-state index in [0.717, 1.165) is 5.69 Å². The van der Waals surface area contributed by atoms with E-state index in [4.69, 9.17) is 16.3 Å². The highest BCUT2D eigenvalue weighted by Gasteiger charge is 2.21. The Morgan fingerprint density at radius 1 is 1.21 bits per heavy atom. The minimum absolute atomic E-state index is 0.0365. The van der Waals surface area contributed by atoms with E-state index in [-0.39, 0.29) is 10.7 Å². The van der Waals surface area contributed by atoms with Crippen molar-refractivity contribution in [3.8, 4) is 0 Å². The summed E-state index contributed by atoms with van der Waals surface area (Å²) in [6.45, 7) is 1.49. The summed E-state index contributed by atoms with van der Waals surface area (Å²) in [6, 6.07) is 10.4. The quantitative estimate of drug-likeness (QED) is 0.665. The van der Waals surface area contributed by atoms with Crippen LogP contribution in [0.15, 0.2) is 42.6 Å². The molecule has 1 heterocycles. The summed E-state index contributed by atoms with van der Waals surface area (Å²) in [7, 11) is 3.86. The number of esters is 1. The summed E-state index contributed by atoms with van der Waals surface area (Å²) in [6.07, 6.45) is 0.495. The van der Waals surface area contributed by atoms with E-state index in [9.17, 15) is 9.59 Å². The van der Waals surface area contributed by atoms with E-state index in [1.54, 1.807) is 18.2 Å². The third-order valence-corrected chi connectivity index (χ3v) is 3.58. The highest BCUT2D eigenvalue weighted by atomic mass is 35.5. The molecule has 2 rings (SSSR count). The first-order valence-corrected chi connectivity index (χ1v) is 7.66. The monoisotopic (exact) mass is 347 g/mol. The number of pyridine rings is 1. The summed E-state index contributed by atoms with van der Waals surface area (Å²) < 4.78 is 5.13. The summed E-state index contributed by atoms with van der Waals surface area (Å²) >= 11 is 5.84. The predicted molar refractivity (Wildman–Crippen MR) is 93.5 cm³/mol. The van der Waals surface area contributed by atoms with E-state index in [0.29, 0.717) is 5.69 Å². The van der Waals surface area contributed by atoms with Crippen LogP contribution < -0.4 is 10.2 Å². The van der Waals surface area contributed by atoms with Crippen LogP contribution >= 0.6 is 11.6 Å². The Bertz CT molecular complexity index is 732. The molecule has 1 aromatic carbocycles. The van der Waals surface area contributed by atoms with Crippen molar-refractivity contribution in [1.29, 1.82) is 0 Å². The average Bonchev–Trinajstić information content (AvgIpc) is 2.55. The van der Waals surface area contributed by atoms with Crippen LogP contribution in [0.25, 0.3) is 0 Å². The van der Waals surface area contributed by atoms with Crippen LogP contribution in [0.1, 0.15) is 17.3 Å². The maximum Gasteiger partial charge on any atom is 0.342 e. The minimum Gasteiger partial charge on any atom is -0.449 e. The first kappa shape index (κ1) is 17.7. The standard InChI is InChI=1S/C17H18ClN3O3/c1-11(24-17(23)14-5-4-10-19-15(14)18)16(22)20-12-6-8-13(9-7-12)21(2)3/h4-11H,1-3H3,(H,20,22). The number of rotatable bonds is 5. The number of aromatic nitrogens is 1. The second-order valence-corrected chi connectivity index (χ2v) is 5.68. The Balaban J connectivity index is 1.97. The third kappa shape index (κ3) is 4.45. The number of benzene rings is 1. The smallest absolute Gasteiger partial charge is 0.342 e. The van der Waals surface area contributed by atoms with Crippen LogP contribution in [0.2, 0.25) is 5.15 Å². The molecule has 0 fully saturated rings. The van der Waals surface area contributed by atoms with Gasteiger partial charge in [-0.2, -0.15) is 0 Å². The first-order valence-electron chi connectivity index (χ1n) is 7.28. The van der Waals surface area contributed by atoms with Gasteiger partial charge in [0.15, 0.2) is 6.10 Å². The normalized spacial score (nSPS) is 11.5. The Morgan fingerprint density at radius 2 is 1.88 bits per heavy atom. The first-order chi connectivity index (χ1) is 11.4. The molecule has 2 aromatic rings. The van der Waals surface area contributed by atoms with Crippen molar-refractivity contribution < 1.29 is 14.3 Å². The molecule has 0 radical (unpaired) electrons. The molecule has 24 heavy (non-hydrogen) atoms. The van der Waals surface area contributed by atoms with Gasteiger partial charge >= 0.3 is 5.97 Å². The molecule has 1 aromatic heterocycles. The van der Waals surface area contributed by atoms with Gasteiger partial charge in [0, 0.05) is 31.7 Å². The second kappa shape index (κ2) is 7.79. The van der Waals surface area contributed by atoms with E-state index in [1.807, 2.05) is 31.1 Å². The van der Waals surface area contributed by atoms with Gasteiger partial charge in [-0.15, -0.1) is 0 Å². The molecule has 0 aliphatic heterocycles. The van der Waals surface area contributed by atoms with Gasteiger partial charge in [0.05, 0.1) is 5.56 Å². The van der Waals surface area contributed by atoms with Crippen LogP contribution in [0.4, 0.5) is 11.4 Å². The van der Waals surface area contributed by atoms with Gasteiger partial charge in [-0.3, -0.25) is 4.79 Å². The van der Waals surface area contributed by atoms with Crippen LogP contribution in [0.3, 0.4) is 0 Å². The third-order valence-electron chi connectivity index (χ3n) is 3.28. The van der Waals surface area contributed by atoms with Crippen molar-refractivity contribution in [2.45, 2.75) is 13.0 Å². The van der Waals surface area contributed by atoms with E-state index in [2.05, 4.69) is 10.3 Å². The fourth-order valence-corrected chi connectivity index (χ4v) is 2.10. The molecule has 1 unspecified atom stereocenters. The zero-order chi connectivity index (χ0) is 17.7. The number of amides is 1. The number of ether oxygens (including phenoxy) is 1. The summed E-state index contributed by atoms with van der Waals surface area (Å²) in [4.78, 5) is 29.9. The molecule has 126 valence electrons. The summed E-state index contributed by atoms with van der Waals surface area (Å²) in [5.41, 5.74) is 1.75. The van der Waals surface area contributed by atoms with E-state index in [1.165, 1.54) is 19.2 Å². The summed E-state index contributed by atoms with van der Waals surface area (Å²) in [5.74, 6) is -1.13. The van der Waals surface area contributed by atoms with Crippen molar-refractivity contribution >= 4 is 34.9 Å². The lowest BCUT2D eigenvalue weighted by atomic mass is 10.2. The number of nitrogens with zero attached hydrogens (tertiary/aromatic N) is 2. The van der Waals surface area contributed by atoms with Gasteiger partial charge in [0.1, 0.15) is 5.15 Å². The number of anilines is 2. The van der Waals surface area contributed by atoms with Crippen molar-refractivity contribution in [1.82, 2.24) is 4.98 Å². The molecule has 1 amide bonds. The van der Waals surface area contributed by atoms with Gasteiger partial charge < -0.3 is 15.0 Å². The lowest BCUT2D eigenvalue weighted by Gasteiger charge is -2.15. The molecule has 0 spiro atoms. The lowest BCUT2D eigenvalue weighted by molar-refractivity contribution is -0.123. The Kier molecular flexibility index (Phi) is 5.76. The molecule has 6 nitrogen and oxygen atoms in total. The van der Waals surface area contributed by atoms with Gasteiger partial charge in [-0.1, -0.05) is 11.6 Å². The summed E-state index contributed by atoms with van der Waals surface area (Å²) in [5, 5.41) is 2.73. The maximum atomic E-state index is 12.1. The fourth-order valence-electron chi connectivity index (χ4n) is 1.90. The SMILES string of the molecule is CC(OC(=O)c1cccnc1Cl)C(=O)Nc1ccc(N(C)C)cc1. The van der Waals surface area contributed by atoms with E-state index >= 15 is 0 Å². The van der Waals surface area contributed by atoms with Gasteiger partial charge in [-0.05, 0) is 43.3 Å². The number of carbonyl (C=O) groups is 2. The topological polar surface area (TPSA) is 71.5 Å². The van der Waals surface area contributed by atoms with Crippen molar-refractivity contribution in [2.24, 2.45) is 0 Å². The van der Waals surface area contributed by atoms with Crippen molar-refractivity contribution in [3.05, 3.63) is 53.3 Å². The highest BCUT2D eigenvalue weighted by Crippen LogP contribution is 2.17. The molecule has 7 heteroatoms. The minimum atomic E-state index is -0.970. The number of hydrogen-bond acceptors (Lipinski definition) is 5. The van der Waals surface area contributed by atoms with Crippen LogP contribution in [-0.2, 0) is 9.53 Å². The highest BCUT2D eigenvalue weighted by molar-refractivity contribution is 6.32. The van der Waals surface area contributed by atoms with E-state index < -0.39 is 18.0 Å². The van der Waals surface area contributed by atoms with Crippen LogP contribution in [0, 0.1) is 0 Å². The molecule has 0 saturated heterocycles. The average molecular weight is 348 g/mol. The lowest BCUT2D eigenvalue weighted by Crippen LogP contribution is -2.30. The largest absolute Gasteiger partial charge is 0.449 e. The van der Waals surface area contributed by atoms with Gasteiger partial charge in [0.2, 0.25) is 0 Å². The molecular weight excluding hydrogens is 330 g/mol. The number of hydrogen-bond donors (Lipinski definition) is 1.